The molecule has 2 unspecified atom stereocenters. The first kappa shape index (κ1) is 15.1. The molecule has 118 valence electrons. The summed E-state index contributed by atoms with van der Waals surface area (Å²) in [6.45, 7) is 2.64. The quantitative estimate of drug-likeness (QED) is 0.930. The van der Waals surface area contributed by atoms with E-state index in [0.29, 0.717) is 37.1 Å². The van der Waals surface area contributed by atoms with Crippen LogP contribution in [0.5, 0.6) is 0 Å². The Balaban J connectivity index is 1.59. The van der Waals surface area contributed by atoms with Gasteiger partial charge in [-0.15, -0.1) is 0 Å². The Kier molecular flexibility index (Phi) is 4.19. The summed E-state index contributed by atoms with van der Waals surface area (Å²) in [5, 5.41) is 9.36. The van der Waals surface area contributed by atoms with Crippen molar-refractivity contribution in [2.75, 3.05) is 6.54 Å². The standard InChI is InChI=1S/C18H23NO3/c1-12-7-8-19(16(9-12)18(21)22)17(20)11-14-10-15(14)13-5-3-2-4-6-13/h2-6,12,14-16H,7-11H2,1H3,(H,21,22)/t12?,14-,15-,16?/m0/s1. The van der Waals surface area contributed by atoms with Crippen molar-refractivity contribution in [1.82, 2.24) is 4.90 Å². The number of likely N-dealkylation sites (tertiary alicyclic amines) is 1. The predicted octanol–water partition coefficient (Wildman–Crippen LogP) is 2.89. The molecule has 1 heterocycles. The number of hydrogen-bond acceptors (Lipinski definition) is 2. The van der Waals surface area contributed by atoms with Crippen LogP contribution >= 0.6 is 0 Å². The summed E-state index contributed by atoms with van der Waals surface area (Å²) in [7, 11) is 0. The van der Waals surface area contributed by atoms with Crippen LogP contribution in [0.4, 0.5) is 0 Å². The van der Waals surface area contributed by atoms with E-state index < -0.39 is 12.0 Å². The number of carboxylic acid groups (broad SMARTS) is 1. The van der Waals surface area contributed by atoms with Crippen molar-refractivity contribution in [2.45, 2.75) is 44.6 Å². The predicted molar refractivity (Wildman–Crippen MR) is 83.4 cm³/mol. The summed E-state index contributed by atoms with van der Waals surface area (Å²) in [5.41, 5.74) is 1.29. The number of carboxylic acids is 1. The Morgan fingerprint density at radius 3 is 2.64 bits per heavy atom. The lowest BCUT2D eigenvalue weighted by Crippen LogP contribution is -2.49. The van der Waals surface area contributed by atoms with Gasteiger partial charge >= 0.3 is 5.97 Å². The zero-order chi connectivity index (χ0) is 15.7. The number of hydrogen-bond donors (Lipinski definition) is 1. The van der Waals surface area contributed by atoms with E-state index in [4.69, 9.17) is 0 Å². The number of amides is 1. The number of carbonyl (C=O) groups excluding carboxylic acids is 1. The van der Waals surface area contributed by atoms with Crippen molar-refractivity contribution in [2.24, 2.45) is 11.8 Å². The van der Waals surface area contributed by atoms with E-state index >= 15 is 0 Å². The molecule has 3 rings (SSSR count). The molecule has 0 bridgehead atoms. The monoisotopic (exact) mass is 301 g/mol. The molecule has 0 aromatic heterocycles. The largest absolute Gasteiger partial charge is 0.480 e. The van der Waals surface area contributed by atoms with Crippen LogP contribution in [0.2, 0.25) is 0 Å². The molecule has 1 aliphatic heterocycles. The number of piperidine rings is 1. The van der Waals surface area contributed by atoms with E-state index in [1.165, 1.54) is 5.56 Å². The van der Waals surface area contributed by atoms with Gasteiger partial charge in [0.05, 0.1) is 0 Å². The van der Waals surface area contributed by atoms with E-state index in [0.717, 1.165) is 12.8 Å². The molecule has 4 atom stereocenters. The third kappa shape index (κ3) is 3.16. The molecule has 2 aliphatic rings. The Hall–Kier alpha value is -1.84. The van der Waals surface area contributed by atoms with Gasteiger partial charge in [-0.3, -0.25) is 4.79 Å². The first-order valence-corrected chi connectivity index (χ1v) is 8.13. The summed E-state index contributed by atoms with van der Waals surface area (Å²) in [5.74, 6) is 0.377. The molecule has 22 heavy (non-hydrogen) atoms. The molecule has 1 saturated carbocycles. The molecule has 4 heteroatoms. The zero-order valence-electron chi connectivity index (χ0n) is 12.9. The van der Waals surface area contributed by atoms with Crippen LogP contribution in [0, 0.1) is 11.8 Å². The summed E-state index contributed by atoms with van der Waals surface area (Å²) in [6.07, 6.45) is 3.01. The molecule has 1 aromatic rings. The minimum absolute atomic E-state index is 0.0164. The van der Waals surface area contributed by atoms with Gasteiger partial charge < -0.3 is 10.0 Å². The lowest BCUT2D eigenvalue weighted by molar-refractivity contribution is -0.153. The molecule has 1 aromatic carbocycles. The van der Waals surface area contributed by atoms with E-state index in [9.17, 15) is 14.7 Å². The molecule has 2 fully saturated rings. The molecule has 1 N–H and O–H groups in total. The fourth-order valence-electron chi connectivity index (χ4n) is 3.60. The summed E-state index contributed by atoms with van der Waals surface area (Å²) < 4.78 is 0. The molecule has 1 aliphatic carbocycles. The van der Waals surface area contributed by atoms with Gasteiger partial charge in [0.25, 0.3) is 0 Å². The second-order valence-electron chi connectivity index (χ2n) is 6.79. The molecular formula is C18H23NO3. The molecule has 4 nitrogen and oxygen atoms in total. The highest BCUT2D eigenvalue weighted by Crippen LogP contribution is 2.49. The van der Waals surface area contributed by atoms with Gasteiger partial charge in [-0.1, -0.05) is 37.3 Å². The Morgan fingerprint density at radius 1 is 1.23 bits per heavy atom. The lowest BCUT2D eigenvalue weighted by Gasteiger charge is -2.36. The maximum Gasteiger partial charge on any atom is 0.326 e. The van der Waals surface area contributed by atoms with Crippen LogP contribution in [-0.4, -0.2) is 34.5 Å². The number of benzene rings is 1. The summed E-state index contributed by atoms with van der Waals surface area (Å²) >= 11 is 0. The molecule has 0 radical (unpaired) electrons. The second-order valence-corrected chi connectivity index (χ2v) is 6.79. The van der Waals surface area contributed by atoms with Crippen molar-refractivity contribution in [1.29, 1.82) is 0 Å². The average Bonchev–Trinajstić information content (AvgIpc) is 3.27. The maximum absolute atomic E-state index is 12.5. The minimum atomic E-state index is -0.865. The number of carbonyl (C=O) groups is 2. The van der Waals surface area contributed by atoms with Gasteiger partial charge in [-0.2, -0.15) is 0 Å². The van der Waals surface area contributed by atoms with Crippen molar-refractivity contribution < 1.29 is 14.7 Å². The fraction of sp³-hybridized carbons (Fsp3) is 0.556. The number of aliphatic carboxylic acids is 1. The van der Waals surface area contributed by atoms with Crippen molar-refractivity contribution in [3.63, 3.8) is 0 Å². The van der Waals surface area contributed by atoms with E-state index in [1.807, 2.05) is 18.2 Å². The first-order valence-electron chi connectivity index (χ1n) is 8.13. The zero-order valence-corrected chi connectivity index (χ0v) is 12.9. The Labute approximate surface area is 131 Å². The average molecular weight is 301 g/mol. The van der Waals surface area contributed by atoms with Crippen LogP contribution in [-0.2, 0) is 9.59 Å². The normalized spacial score (nSPS) is 30.9. The number of rotatable bonds is 4. The van der Waals surface area contributed by atoms with Gasteiger partial charge in [0.2, 0.25) is 5.91 Å². The van der Waals surface area contributed by atoms with Crippen LogP contribution in [0.15, 0.2) is 30.3 Å². The second kappa shape index (κ2) is 6.11. The van der Waals surface area contributed by atoms with Crippen molar-refractivity contribution in [3.8, 4) is 0 Å². The third-order valence-corrected chi connectivity index (χ3v) is 5.06. The van der Waals surface area contributed by atoms with Crippen LogP contribution in [0.3, 0.4) is 0 Å². The molecule has 1 saturated heterocycles. The number of nitrogens with zero attached hydrogens (tertiary/aromatic N) is 1. The topological polar surface area (TPSA) is 57.6 Å². The van der Waals surface area contributed by atoms with E-state index in [1.54, 1.807) is 4.90 Å². The smallest absolute Gasteiger partial charge is 0.326 e. The molecule has 0 spiro atoms. The SMILES string of the molecule is CC1CCN(C(=O)C[C@@H]2C[C@H]2c2ccccc2)C(C(=O)O)C1. The van der Waals surface area contributed by atoms with E-state index in [-0.39, 0.29) is 5.91 Å². The Morgan fingerprint density at radius 2 is 1.95 bits per heavy atom. The van der Waals surface area contributed by atoms with Crippen LogP contribution < -0.4 is 0 Å². The fourth-order valence-corrected chi connectivity index (χ4v) is 3.60. The highest BCUT2D eigenvalue weighted by atomic mass is 16.4. The minimum Gasteiger partial charge on any atom is -0.480 e. The molecule has 1 amide bonds. The molecular weight excluding hydrogens is 278 g/mol. The van der Waals surface area contributed by atoms with Crippen LogP contribution in [0.1, 0.15) is 44.1 Å². The lowest BCUT2D eigenvalue weighted by atomic mass is 9.92. The van der Waals surface area contributed by atoms with Crippen molar-refractivity contribution >= 4 is 11.9 Å². The van der Waals surface area contributed by atoms with Gasteiger partial charge in [0, 0.05) is 13.0 Å². The van der Waals surface area contributed by atoms with Crippen molar-refractivity contribution in [3.05, 3.63) is 35.9 Å². The highest BCUT2D eigenvalue weighted by Gasteiger charge is 2.42. The summed E-state index contributed by atoms with van der Waals surface area (Å²) in [6, 6.07) is 9.64. The van der Waals surface area contributed by atoms with Crippen LogP contribution in [0.25, 0.3) is 0 Å². The van der Waals surface area contributed by atoms with E-state index in [2.05, 4.69) is 19.1 Å². The van der Waals surface area contributed by atoms with Gasteiger partial charge in [-0.25, -0.2) is 4.79 Å². The van der Waals surface area contributed by atoms with Gasteiger partial charge in [0.15, 0.2) is 0 Å². The van der Waals surface area contributed by atoms with Gasteiger partial charge in [0.1, 0.15) is 6.04 Å². The summed E-state index contributed by atoms with van der Waals surface area (Å²) in [4.78, 5) is 25.5. The maximum atomic E-state index is 12.5. The third-order valence-electron chi connectivity index (χ3n) is 5.06. The Bertz CT molecular complexity index is 557. The first-order chi connectivity index (χ1) is 10.6. The highest BCUT2D eigenvalue weighted by molar-refractivity contribution is 5.84. The van der Waals surface area contributed by atoms with Gasteiger partial charge in [-0.05, 0) is 42.6 Å².